The molecule has 0 aliphatic heterocycles. The van der Waals surface area contributed by atoms with E-state index >= 15 is 0 Å². The lowest BCUT2D eigenvalue weighted by Crippen LogP contribution is -2.05. The van der Waals surface area contributed by atoms with Gasteiger partial charge in [0, 0.05) is 5.56 Å². The van der Waals surface area contributed by atoms with Gasteiger partial charge in [-0.15, -0.1) is 0 Å². The number of aromatic nitrogens is 2. The molecular formula is C12H10ClN5. The molecule has 0 saturated carbocycles. The van der Waals surface area contributed by atoms with Crippen LogP contribution in [-0.4, -0.2) is 9.97 Å². The number of nitrogens with zero attached hydrogens (tertiary/aromatic N) is 3. The molecule has 0 amide bonds. The quantitative estimate of drug-likeness (QED) is 0.817. The van der Waals surface area contributed by atoms with E-state index < -0.39 is 0 Å². The summed E-state index contributed by atoms with van der Waals surface area (Å²) in [6, 6.07) is 7.40. The first-order valence-electron chi connectivity index (χ1n) is 5.12. The van der Waals surface area contributed by atoms with Crippen LogP contribution in [0.25, 0.3) is 11.3 Å². The topological polar surface area (TPSA) is 102 Å². The lowest BCUT2D eigenvalue weighted by molar-refractivity contribution is 1.18. The molecule has 0 radical (unpaired) electrons. The van der Waals surface area contributed by atoms with Crippen molar-refractivity contribution in [2.75, 3.05) is 11.5 Å². The molecule has 90 valence electrons. The lowest BCUT2D eigenvalue weighted by atomic mass is 10.1. The van der Waals surface area contributed by atoms with Crippen LogP contribution in [0.15, 0.2) is 18.2 Å². The number of nitrogens with two attached hydrogens (primary N) is 2. The molecule has 1 aromatic carbocycles. The molecule has 0 unspecified atom stereocenters. The average molecular weight is 260 g/mol. The normalized spacial score (nSPS) is 10.1. The average Bonchev–Trinajstić information content (AvgIpc) is 2.28. The van der Waals surface area contributed by atoms with Crippen molar-refractivity contribution in [3.8, 4) is 17.3 Å². The van der Waals surface area contributed by atoms with Gasteiger partial charge in [0.25, 0.3) is 0 Å². The first-order valence-corrected chi connectivity index (χ1v) is 5.50. The maximum atomic E-state index is 9.10. The van der Waals surface area contributed by atoms with Crippen LogP contribution in [0.3, 0.4) is 0 Å². The Morgan fingerprint density at radius 1 is 1.28 bits per heavy atom. The molecule has 1 aromatic heterocycles. The highest BCUT2D eigenvalue weighted by Gasteiger charge is 2.15. The molecular weight excluding hydrogens is 250 g/mol. The van der Waals surface area contributed by atoms with E-state index in [1.807, 2.05) is 19.1 Å². The van der Waals surface area contributed by atoms with E-state index in [1.54, 1.807) is 12.1 Å². The first kappa shape index (κ1) is 12.1. The first-order chi connectivity index (χ1) is 8.52. The van der Waals surface area contributed by atoms with E-state index in [-0.39, 0.29) is 17.3 Å². The summed E-state index contributed by atoms with van der Waals surface area (Å²) in [7, 11) is 0. The highest BCUT2D eigenvalue weighted by Crippen LogP contribution is 2.31. The molecule has 0 atom stereocenters. The Balaban J connectivity index is 2.75. The van der Waals surface area contributed by atoms with Gasteiger partial charge in [0.1, 0.15) is 17.5 Å². The van der Waals surface area contributed by atoms with Crippen molar-refractivity contribution in [2.45, 2.75) is 6.92 Å². The largest absolute Gasteiger partial charge is 0.382 e. The minimum Gasteiger partial charge on any atom is -0.382 e. The fourth-order valence-corrected chi connectivity index (χ4v) is 1.94. The van der Waals surface area contributed by atoms with Crippen molar-refractivity contribution in [2.24, 2.45) is 0 Å². The molecule has 2 aromatic rings. The molecule has 0 saturated heterocycles. The number of benzene rings is 1. The van der Waals surface area contributed by atoms with Gasteiger partial charge in [-0.3, -0.25) is 0 Å². The molecule has 1 heterocycles. The van der Waals surface area contributed by atoms with Gasteiger partial charge in [-0.25, -0.2) is 4.98 Å². The third kappa shape index (κ3) is 2.06. The summed E-state index contributed by atoms with van der Waals surface area (Å²) in [5, 5.41) is 9.59. The van der Waals surface area contributed by atoms with Crippen molar-refractivity contribution in [1.29, 1.82) is 5.26 Å². The molecule has 0 spiro atoms. The zero-order chi connectivity index (χ0) is 13.3. The predicted molar refractivity (Wildman–Crippen MR) is 70.8 cm³/mol. The summed E-state index contributed by atoms with van der Waals surface area (Å²) in [4.78, 5) is 7.80. The highest BCUT2D eigenvalue weighted by molar-refractivity contribution is 6.33. The van der Waals surface area contributed by atoms with Crippen LogP contribution in [-0.2, 0) is 0 Å². The smallest absolute Gasteiger partial charge is 0.222 e. The fraction of sp³-hybridized carbons (Fsp3) is 0.0833. The van der Waals surface area contributed by atoms with E-state index in [2.05, 4.69) is 9.97 Å². The summed E-state index contributed by atoms with van der Waals surface area (Å²) in [5.74, 6) is 0.0646. The van der Waals surface area contributed by atoms with Crippen molar-refractivity contribution in [1.82, 2.24) is 9.97 Å². The Morgan fingerprint density at radius 3 is 2.61 bits per heavy atom. The SMILES string of the molecule is Cc1ccc(-c2nc(N)nc(N)c2C#N)c(Cl)c1. The van der Waals surface area contributed by atoms with Crippen LogP contribution in [0, 0.1) is 18.3 Å². The number of hydrogen-bond acceptors (Lipinski definition) is 5. The van der Waals surface area contributed by atoms with E-state index in [4.69, 9.17) is 28.3 Å². The summed E-state index contributed by atoms with van der Waals surface area (Å²) < 4.78 is 0. The third-order valence-corrected chi connectivity index (χ3v) is 2.76. The second-order valence-corrected chi connectivity index (χ2v) is 4.19. The predicted octanol–water partition coefficient (Wildman–Crippen LogP) is 2.14. The number of nitriles is 1. The maximum absolute atomic E-state index is 9.10. The highest BCUT2D eigenvalue weighted by atomic mass is 35.5. The molecule has 6 heteroatoms. The van der Waals surface area contributed by atoms with Crippen LogP contribution in [0.1, 0.15) is 11.1 Å². The Hall–Kier alpha value is -2.32. The molecule has 0 fully saturated rings. The Labute approximate surface area is 109 Å². The summed E-state index contributed by atoms with van der Waals surface area (Å²) in [5.41, 5.74) is 13.4. The van der Waals surface area contributed by atoms with E-state index in [0.29, 0.717) is 16.3 Å². The van der Waals surface area contributed by atoms with Crippen LogP contribution >= 0.6 is 11.6 Å². The van der Waals surface area contributed by atoms with Gasteiger partial charge < -0.3 is 11.5 Å². The summed E-state index contributed by atoms with van der Waals surface area (Å²) in [6.07, 6.45) is 0. The number of aryl methyl sites for hydroxylation is 1. The van der Waals surface area contributed by atoms with Crippen LogP contribution in [0.2, 0.25) is 5.02 Å². The number of nitrogen functional groups attached to an aromatic ring is 2. The van der Waals surface area contributed by atoms with E-state index in [1.165, 1.54) is 0 Å². The minimum absolute atomic E-state index is 0.0122. The van der Waals surface area contributed by atoms with Crippen LogP contribution in [0.4, 0.5) is 11.8 Å². The lowest BCUT2D eigenvalue weighted by Gasteiger charge is -2.08. The zero-order valence-electron chi connectivity index (χ0n) is 9.61. The van der Waals surface area contributed by atoms with E-state index in [9.17, 15) is 0 Å². The maximum Gasteiger partial charge on any atom is 0.222 e. The van der Waals surface area contributed by atoms with Crippen molar-refractivity contribution < 1.29 is 0 Å². The summed E-state index contributed by atoms with van der Waals surface area (Å²) >= 11 is 6.15. The standard InChI is InChI=1S/C12H10ClN5/c1-6-2-3-7(9(13)4-6)10-8(5-14)11(15)18-12(16)17-10/h2-4H,1H3,(H4,15,16,17,18). The van der Waals surface area contributed by atoms with Gasteiger partial charge in [-0.2, -0.15) is 10.2 Å². The molecule has 0 aliphatic rings. The number of halogens is 1. The monoisotopic (exact) mass is 259 g/mol. The zero-order valence-corrected chi connectivity index (χ0v) is 10.4. The second-order valence-electron chi connectivity index (χ2n) is 3.79. The van der Waals surface area contributed by atoms with Crippen LogP contribution in [0.5, 0.6) is 0 Å². The Bertz CT molecular complexity index is 660. The molecule has 18 heavy (non-hydrogen) atoms. The molecule has 4 N–H and O–H groups in total. The van der Waals surface area contributed by atoms with Gasteiger partial charge in [0.2, 0.25) is 5.95 Å². The molecule has 5 nitrogen and oxygen atoms in total. The Kier molecular flexibility index (Phi) is 3.04. The van der Waals surface area contributed by atoms with E-state index in [0.717, 1.165) is 5.56 Å². The number of anilines is 2. The van der Waals surface area contributed by atoms with Gasteiger partial charge in [0.05, 0.1) is 10.7 Å². The molecule has 0 aliphatic carbocycles. The summed E-state index contributed by atoms with van der Waals surface area (Å²) in [6.45, 7) is 1.92. The minimum atomic E-state index is 0.0122. The van der Waals surface area contributed by atoms with Crippen molar-refractivity contribution >= 4 is 23.4 Å². The molecule has 0 bridgehead atoms. The van der Waals surface area contributed by atoms with Gasteiger partial charge in [-0.05, 0) is 18.6 Å². The third-order valence-electron chi connectivity index (χ3n) is 2.45. The Morgan fingerprint density at radius 2 is 2.00 bits per heavy atom. The van der Waals surface area contributed by atoms with Gasteiger partial charge in [-0.1, -0.05) is 23.7 Å². The van der Waals surface area contributed by atoms with Crippen molar-refractivity contribution in [3.05, 3.63) is 34.3 Å². The van der Waals surface area contributed by atoms with Gasteiger partial charge in [0.15, 0.2) is 0 Å². The molecule has 2 rings (SSSR count). The second kappa shape index (κ2) is 4.51. The fourth-order valence-electron chi connectivity index (χ4n) is 1.61. The van der Waals surface area contributed by atoms with Crippen LogP contribution < -0.4 is 11.5 Å². The van der Waals surface area contributed by atoms with Gasteiger partial charge >= 0.3 is 0 Å². The number of rotatable bonds is 1. The van der Waals surface area contributed by atoms with Crippen molar-refractivity contribution in [3.63, 3.8) is 0 Å². The number of hydrogen-bond donors (Lipinski definition) is 2.